The normalized spacial score (nSPS) is 25.6. The van der Waals surface area contributed by atoms with E-state index in [2.05, 4.69) is 6.92 Å². The molecule has 0 radical (unpaired) electrons. The van der Waals surface area contributed by atoms with E-state index in [0.717, 1.165) is 25.7 Å². The third kappa shape index (κ3) is 6.61. The van der Waals surface area contributed by atoms with Crippen molar-refractivity contribution in [2.45, 2.75) is 78.9 Å². The van der Waals surface area contributed by atoms with Gasteiger partial charge in [-0.1, -0.05) is 6.92 Å². The van der Waals surface area contributed by atoms with E-state index >= 15 is 0 Å². The smallest absolute Gasteiger partial charge is 0.322 e. The van der Waals surface area contributed by atoms with Crippen LogP contribution in [0, 0.1) is 11.3 Å². The first-order valence-corrected chi connectivity index (χ1v) is 9.40. The van der Waals surface area contributed by atoms with Crippen LogP contribution in [-0.4, -0.2) is 34.3 Å². The zero-order chi connectivity index (χ0) is 18.5. The van der Waals surface area contributed by atoms with Crippen LogP contribution < -0.4 is 0 Å². The van der Waals surface area contributed by atoms with Crippen molar-refractivity contribution in [1.82, 2.24) is 0 Å². The number of Topliss-reactive ketones (excluding diaryl/α,β-unsaturated/α-hetero) is 1. The second kappa shape index (κ2) is 8.54. The van der Waals surface area contributed by atoms with Crippen LogP contribution in [-0.2, 0) is 34.1 Å². The van der Waals surface area contributed by atoms with Crippen LogP contribution in [0.5, 0.6) is 0 Å². The standard InChI is InChI=1S/C17H30O6S/c1-12-7-9-14(10-8-12)23-24(20)21-11-17(6,13(2)18)15(19)22-16(3,4)5/h12,14H,7-11H2,1-6H3. The highest BCUT2D eigenvalue weighted by Crippen LogP contribution is 2.28. The fourth-order valence-electron chi connectivity index (χ4n) is 2.33. The lowest BCUT2D eigenvalue weighted by molar-refractivity contribution is -0.170. The number of esters is 1. The molecule has 0 bridgehead atoms. The SMILES string of the molecule is CC(=O)C(C)(COS(=O)OC1CCC(C)CC1)C(=O)OC(C)(C)C. The van der Waals surface area contributed by atoms with E-state index in [1.807, 2.05) is 0 Å². The number of carbonyl (C=O) groups excluding carboxylic acids is 2. The van der Waals surface area contributed by atoms with Crippen molar-refractivity contribution in [2.75, 3.05) is 6.61 Å². The van der Waals surface area contributed by atoms with Crippen molar-refractivity contribution in [2.24, 2.45) is 11.3 Å². The molecule has 1 saturated carbocycles. The minimum atomic E-state index is -1.99. The van der Waals surface area contributed by atoms with Crippen LogP contribution in [0.1, 0.15) is 67.2 Å². The molecule has 0 heterocycles. The second-order valence-electron chi connectivity index (χ2n) is 7.83. The Balaban J connectivity index is 2.58. The van der Waals surface area contributed by atoms with E-state index in [9.17, 15) is 13.8 Å². The molecule has 140 valence electrons. The predicted octanol–water partition coefficient (Wildman–Crippen LogP) is 3.11. The summed E-state index contributed by atoms with van der Waals surface area (Å²) in [5.41, 5.74) is -2.23. The first-order chi connectivity index (χ1) is 10.9. The van der Waals surface area contributed by atoms with Gasteiger partial charge in [0, 0.05) is 0 Å². The van der Waals surface area contributed by atoms with Crippen LogP contribution in [0.2, 0.25) is 0 Å². The minimum Gasteiger partial charge on any atom is -0.459 e. The molecule has 0 N–H and O–H groups in total. The number of rotatable bonds is 7. The van der Waals surface area contributed by atoms with Gasteiger partial charge in [-0.2, -0.15) is 4.21 Å². The Morgan fingerprint density at radius 2 is 1.62 bits per heavy atom. The molecule has 0 aromatic carbocycles. The molecule has 0 aliphatic heterocycles. The third-order valence-electron chi connectivity index (χ3n) is 4.25. The third-order valence-corrected chi connectivity index (χ3v) is 4.99. The molecule has 1 aliphatic rings. The zero-order valence-electron chi connectivity index (χ0n) is 15.5. The summed E-state index contributed by atoms with van der Waals surface area (Å²) in [6.45, 7) is 9.73. The fourth-order valence-corrected chi connectivity index (χ4v) is 3.13. The van der Waals surface area contributed by atoms with E-state index in [0.29, 0.717) is 5.92 Å². The highest BCUT2D eigenvalue weighted by atomic mass is 32.2. The maximum absolute atomic E-state index is 12.3. The summed E-state index contributed by atoms with van der Waals surface area (Å²) in [6.07, 6.45) is 3.64. The molecule has 0 spiro atoms. The maximum atomic E-state index is 12.3. The van der Waals surface area contributed by atoms with Gasteiger partial charge >= 0.3 is 17.3 Å². The lowest BCUT2D eigenvalue weighted by Crippen LogP contribution is -2.44. The van der Waals surface area contributed by atoms with Gasteiger partial charge in [0.1, 0.15) is 16.8 Å². The number of hydrogen-bond donors (Lipinski definition) is 0. The van der Waals surface area contributed by atoms with E-state index in [4.69, 9.17) is 13.1 Å². The maximum Gasteiger partial charge on any atom is 0.322 e. The molecule has 1 fully saturated rings. The molecular formula is C17H30O6S. The Labute approximate surface area is 147 Å². The van der Waals surface area contributed by atoms with E-state index < -0.39 is 34.1 Å². The van der Waals surface area contributed by atoms with Gasteiger partial charge in [-0.25, -0.2) is 0 Å². The molecule has 24 heavy (non-hydrogen) atoms. The van der Waals surface area contributed by atoms with Crippen molar-refractivity contribution < 1.29 is 26.9 Å². The topological polar surface area (TPSA) is 78.9 Å². The van der Waals surface area contributed by atoms with Gasteiger partial charge in [-0.15, -0.1) is 0 Å². The molecule has 0 aromatic rings. The Hall–Kier alpha value is -0.790. The van der Waals surface area contributed by atoms with Crippen LogP contribution in [0.25, 0.3) is 0 Å². The average molecular weight is 362 g/mol. The number of hydrogen-bond acceptors (Lipinski definition) is 6. The van der Waals surface area contributed by atoms with Gasteiger partial charge in [-0.3, -0.25) is 18.0 Å². The van der Waals surface area contributed by atoms with Crippen LogP contribution in [0.3, 0.4) is 0 Å². The van der Waals surface area contributed by atoms with Gasteiger partial charge in [-0.05, 0) is 66.2 Å². The summed E-state index contributed by atoms with van der Waals surface area (Å²) in [4.78, 5) is 24.2. The number of carbonyl (C=O) groups is 2. The fraction of sp³-hybridized carbons (Fsp3) is 0.882. The molecule has 1 aliphatic carbocycles. The van der Waals surface area contributed by atoms with Crippen molar-refractivity contribution in [3.63, 3.8) is 0 Å². The van der Waals surface area contributed by atoms with E-state index in [1.165, 1.54) is 13.8 Å². The molecule has 0 saturated heterocycles. The highest BCUT2D eigenvalue weighted by Gasteiger charge is 2.43. The lowest BCUT2D eigenvalue weighted by Gasteiger charge is -2.29. The van der Waals surface area contributed by atoms with E-state index in [-0.39, 0.29) is 12.7 Å². The van der Waals surface area contributed by atoms with Crippen molar-refractivity contribution in [3.8, 4) is 0 Å². The molecule has 1 rings (SSSR count). The van der Waals surface area contributed by atoms with Gasteiger partial charge in [0.05, 0.1) is 12.7 Å². The minimum absolute atomic E-state index is 0.104. The molecule has 0 aromatic heterocycles. The monoisotopic (exact) mass is 362 g/mol. The summed E-state index contributed by atoms with van der Waals surface area (Å²) in [5.74, 6) is -0.432. The summed E-state index contributed by atoms with van der Waals surface area (Å²) in [6, 6.07) is 0. The van der Waals surface area contributed by atoms with Crippen molar-refractivity contribution >= 4 is 23.1 Å². The summed E-state index contributed by atoms with van der Waals surface area (Å²) in [7, 11) is 0. The first kappa shape index (κ1) is 21.3. The second-order valence-corrected chi connectivity index (χ2v) is 8.67. The van der Waals surface area contributed by atoms with Crippen LogP contribution in [0.4, 0.5) is 0 Å². The van der Waals surface area contributed by atoms with Gasteiger partial charge in [0.2, 0.25) is 0 Å². The Kier molecular flexibility index (Phi) is 7.56. The molecule has 2 atom stereocenters. The largest absolute Gasteiger partial charge is 0.459 e. The zero-order valence-corrected chi connectivity index (χ0v) is 16.4. The molecule has 2 unspecified atom stereocenters. The highest BCUT2D eigenvalue weighted by molar-refractivity contribution is 7.75. The van der Waals surface area contributed by atoms with Crippen LogP contribution >= 0.6 is 0 Å². The Morgan fingerprint density at radius 3 is 2.08 bits per heavy atom. The summed E-state index contributed by atoms with van der Waals surface area (Å²) in [5, 5.41) is 0. The molecule has 0 amide bonds. The molecule has 6 nitrogen and oxygen atoms in total. The first-order valence-electron chi connectivity index (χ1n) is 8.40. The number of ketones is 1. The Morgan fingerprint density at radius 1 is 1.08 bits per heavy atom. The predicted molar refractivity (Wildman–Crippen MR) is 91.2 cm³/mol. The lowest BCUT2D eigenvalue weighted by atomic mass is 9.87. The van der Waals surface area contributed by atoms with Gasteiger partial charge in [0.25, 0.3) is 0 Å². The van der Waals surface area contributed by atoms with E-state index in [1.54, 1.807) is 20.8 Å². The van der Waals surface area contributed by atoms with Gasteiger partial charge < -0.3 is 4.74 Å². The van der Waals surface area contributed by atoms with Gasteiger partial charge in [0.15, 0.2) is 0 Å². The van der Waals surface area contributed by atoms with Crippen molar-refractivity contribution in [1.29, 1.82) is 0 Å². The van der Waals surface area contributed by atoms with Crippen LogP contribution in [0.15, 0.2) is 0 Å². The molecular weight excluding hydrogens is 332 g/mol. The summed E-state index contributed by atoms with van der Waals surface area (Å²) >= 11 is -1.99. The Bertz CT molecular complexity index is 476. The molecule has 7 heteroatoms. The quantitative estimate of drug-likeness (QED) is 0.511. The average Bonchev–Trinajstić information content (AvgIpc) is 2.45. The number of ether oxygens (including phenoxy) is 1. The summed E-state index contributed by atoms with van der Waals surface area (Å²) < 4.78 is 27.8. The van der Waals surface area contributed by atoms with Crippen molar-refractivity contribution in [3.05, 3.63) is 0 Å².